The first-order chi connectivity index (χ1) is 9.20. The molecule has 2 aromatic rings. The van der Waals surface area contributed by atoms with Gasteiger partial charge in [0.15, 0.2) is 0 Å². The maximum atomic E-state index is 13.8. The van der Waals surface area contributed by atoms with Gasteiger partial charge in [-0.3, -0.25) is 0 Å². The second-order valence-electron chi connectivity index (χ2n) is 4.61. The monoisotopic (exact) mass is 296 g/mol. The molecule has 2 aromatic carbocycles. The summed E-state index contributed by atoms with van der Waals surface area (Å²) in [4.78, 5) is 0. The van der Waals surface area contributed by atoms with Crippen molar-refractivity contribution in [1.82, 2.24) is 0 Å². The third-order valence-corrected chi connectivity index (χ3v) is 3.93. The SMILES string of the molecule is Fc1cccc(Cl)c1CC(CCl)Cc1ccccc1. The molecule has 0 bridgehead atoms. The molecular formula is C16H15Cl2F. The van der Waals surface area contributed by atoms with Gasteiger partial charge in [-0.05, 0) is 36.5 Å². The van der Waals surface area contributed by atoms with Crippen molar-refractivity contribution in [3.63, 3.8) is 0 Å². The second-order valence-corrected chi connectivity index (χ2v) is 5.33. The van der Waals surface area contributed by atoms with Gasteiger partial charge in [0.1, 0.15) is 5.82 Å². The van der Waals surface area contributed by atoms with Crippen LogP contribution in [0.1, 0.15) is 11.1 Å². The zero-order valence-electron chi connectivity index (χ0n) is 10.5. The average molecular weight is 297 g/mol. The van der Waals surface area contributed by atoms with E-state index >= 15 is 0 Å². The molecule has 0 spiro atoms. The summed E-state index contributed by atoms with van der Waals surface area (Å²) in [6.07, 6.45) is 1.39. The number of hydrogen-bond donors (Lipinski definition) is 0. The lowest BCUT2D eigenvalue weighted by atomic mass is 9.94. The van der Waals surface area contributed by atoms with Gasteiger partial charge in [-0.15, -0.1) is 11.6 Å². The van der Waals surface area contributed by atoms with Crippen LogP contribution in [0.4, 0.5) is 4.39 Å². The first kappa shape index (κ1) is 14.4. The highest BCUT2D eigenvalue weighted by Gasteiger charge is 2.14. The van der Waals surface area contributed by atoms with Crippen molar-refractivity contribution in [2.24, 2.45) is 5.92 Å². The highest BCUT2D eigenvalue weighted by molar-refractivity contribution is 6.31. The normalized spacial score (nSPS) is 12.4. The number of halogens is 3. The number of rotatable bonds is 5. The highest BCUT2D eigenvalue weighted by atomic mass is 35.5. The molecule has 0 nitrogen and oxygen atoms in total. The van der Waals surface area contributed by atoms with Crippen LogP contribution in [0.5, 0.6) is 0 Å². The Morgan fingerprint density at radius 2 is 1.68 bits per heavy atom. The van der Waals surface area contributed by atoms with Gasteiger partial charge in [0.2, 0.25) is 0 Å². The van der Waals surface area contributed by atoms with Crippen LogP contribution in [0.3, 0.4) is 0 Å². The Bertz CT molecular complexity index is 505. The van der Waals surface area contributed by atoms with Crippen molar-refractivity contribution >= 4 is 23.2 Å². The van der Waals surface area contributed by atoms with E-state index in [2.05, 4.69) is 12.1 Å². The Kier molecular flexibility index (Phi) is 5.24. The standard InChI is InChI=1S/C16H15Cl2F/c17-11-13(9-12-5-2-1-3-6-12)10-14-15(18)7-4-8-16(14)19/h1-8,13H,9-11H2. The van der Waals surface area contributed by atoms with Gasteiger partial charge < -0.3 is 0 Å². The van der Waals surface area contributed by atoms with Crippen LogP contribution in [0.25, 0.3) is 0 Å². The number of hydrogen-bond acceptors (Lipinski definition) is 0. The molecule has 1 atom stereocenters. The summed E-state index contributed by atoms with van der Waals surface area (Å²) < 4.78 is 13.8. The van der Waals surface area contributed by atoms with Crippen LogP contribution < -0.4 is 0 Å². The fraction of sp³-hybridized carbons (Fsp3) is 0.250. The smallest absolute Gasteiger partial charge is 0.127 e. The summed E-state index contributed by atoms with van der Waals surface area (Å²) in [5.41, 5.74) is 1.77. The molecule has 19 heavy (non-hydrogen) atoms. The summed E-state index contributed by atoms with van der Waals surface area (Å²) in [5, 5.41) is 0.475. The van der Waals surface area contributed by atoms with Crippen LogP contribution in [-0.4, -0.2) is 5.88 Å². The first-order valence-corrected chi connectivity index (χ1v) is 7.14. The fourth-order valence-electron chi connectivity index (χ4n) is 2.14. The maximum absolute atomic E-state index is 13.8. The lowest BCUT2D eigenvalue weighted by Crippen LogP contribution is -2.11. The molecule has 1 unspecified atom stereocenters. The van der Waals surface area contributed by atoms with Crippen LogP contribution in [0.15, 0.2) is 48.5 Å². The second kappa shape index (κ2) is 6.93. The maximum Gasteiger partial charge on any atom is 0.127 e. The summed E-state index contributed by atoms with van der Waals surface area (Å²) >= 11 is 12.1. The molecule has 0 aliphatic heterocycles. The van der Waals surface area contributed by atoms with Gasteiger partial charge in [-0.1, -0.05) is 48.0 Å². The van der Waals surface area contributed by atoms with Crippen molar-refractivity contribution in [3.8, 4) is 0 Å². The summed E-state index contributed by atoms with van der Waals surface area (Å²) in [6.45, 7) is 0. The van der Waals surface area contributed by atoms with Crippen molar-refractivity contribution < 1.29 is 4.39 Å². The molecule has 0 aliphatic rings. The minimum absolute atomic E-state index is 0.179. The molecule has 100 valence electrons. The molecule has 0 N–H and O–H groups in total. The summed E-state index contributed by atoms with van der Waals surface area (Å²) in [7, 11) is 0. The molecule has 0 aromatic heterocycles. The van der Waals surface area contributed by atoms with Gasteiger partial charge in [0, 0.05) is 16.5 Å². The lowest BCUT2D eigenvalue weighted by molar-refractivity contribution is 0.546. The van der Waals surface area contributed by atoms with E-state index in [1.807, 2.05) is 18.2 Å². The Labute approximate surface area is 123 Å². The zero-order valence-corrected chi connectivity index (χ0v) is 12.0. The minimum atomic E-state index is -0.254. The van der Waals surface area contributed by atoms with Gasteiger partial charge in [0.05, 0.1) is 0 Å². The van der Waals surface area contributed by atoms with Crippen LogP contribution >= 0.6 is 23.2 Å². The van der Waals surface area contributed by atoms with Gasteiger partial charge >= 0.3 is 0 Å². The predicted octanol–water partition coefficient (Wildman–Crippen LogP) is 5.12. The largest absolute Gasteiger partial charge is 0.207 e. The molecule has 0 amide bonds. The molecule has 0 saturated heterocycles. The van der Waals surface area contributed by atoms with E-state index in [4.69, 9.17) is 23.2 Å². The molecular weight excluding hydrogens is 282 g/mol. The zero-order chi connectivity index (χ0) is 13.7. The molecule has 0 heterocycles. The van der Waals surface area contributed by atoms with Gasteiger partial charge in [-0.25, -0.2) is 4.39 Å². The van der Waals surface area contributed by atoms with E-state index < -0.39 is 0 Å². The number of benzene rings is 2. The van der Waals surface area contributed by atoms with Crippen LogP contribution in [-0.2, 0) is 12.8 Å². The van der Waals surface area contributed by atoms with Crippen molar-refractivity contribution in [2.45, 2.75) is 12.8 Å². The van der Waals surface area contributed by atoms with Gasteiger partial charge in [-0.2, -0.15) is 0 Å². The Hall–Kier alpha value is -1.05. The molecule has 0 saturated carbocycles. The molecule has 3 heteroatoms. The molecule has 0 fully saturated rings. The number of alkyl halides is 1. The van der Waals surface area contributed by atoms with E-state index in [1.165, 1.54) is 11.6 Å². The summed E-state index contributed by atoms with van der Waals surface area (Å²) in [6, 6.07) is 14.9. The molecule has 0 aliphatic carbocycles. The van der Waals surface area contributed by atoms with Crippen LogP contribution in [0.2, 0.25) is 5.02 Å². The van der Waals surface area contributed by atoms with Gasteiger partial charge in [0.25, 0.3) is 0 Å². The Balaban J connectivity index is 2.11. The van der Waals surface area contributed by atoms with Crippen LogP contribution in [0, 0.1) is 11.7 Å². The minimum Gasteiger partial charge on any atom is -0.207 e. The first-order valence-electron chi connectivity index (χ1n) is 6.23. The quantitative estimate of drug-likeness (QED) is 0.672. The predicted molar refractivity (Wildman–Crippen MR) is 79.5 cm³/mol. The highest BCUT2D eigenvalue weighted by Crippen LogP contribution is 2.24. The average Bonchev–Trinajstić information content (AvgIpc) is 2.43. The van der Waals surface area contributed by atoms with E-state index in [1.54, 1.807) is 12.1 Å². The lowest BCUT2D eigenvalue weighted by Gasteiger charge is -2.15. The third-order valence-electron chi connectivity index (χ3n) is 3.14. The van der Waals surface area contributed by atoms with E-state index in [-0.39, 0.29) is 11.7 Å². The van der Waals surface area contributed by atoms with E-state index in [9.17, 15) is 4.39 Å². The van der Waals surface area contributed by atoms with Crippen molar-refractivity contribution in [2.75, 3.05) is 5.88 Å². The molecule has 2 rings (SSSR count). The Morgan fingerprint density at radius 1 is 0.947 bits per heavy atom. The summed E-state index contributed by atoms with van der Waals surface area (Å²) in [5.74, 6) is 0.411. The van der Waals surface area contributed by atoms with Crippen molar-refractivity contribution in [1.29, 1.82) is 0 Å². The Morgan fingerprint density at radius 3 is 2.32 bits per heavy atom. The topological polar surface area (TPSA) is 0 Å². The molecule has 0 radical (unpaired) electrons. The van der Waals surface area contributed by atoms with E-state index in [0.29, 0.717) is 22.9 Å². The van der Waals surface area contributed by atoms with E-state index in [0.717, 1.165) is 6.42 Å². The fourth-order valence-corrected chi connectivity index (χ4v) is 2.60. The third kappa shape index (κ3) is 3.95. The van der Waals surface area contributed by atoms with Crippen molar-refractivity contribution in [3.05, 3.63) is 70.5 Å².